The van der Waals surface area contributed by atoms with Gasteiger partial charge in [0, 0.05) is 17.0 Å². The molecule has 1 saturated heterocycles. The lowest BCUT2D eigenvalue weighted by Gasteiger charge is -2.30. The molecule has 1 nitrogen and oxygen atoms in total. The molecular formula is C39H50F4O. The van der Waals surface area contributed by atoms with Crippen molar-refractivity contribution in [3.05, 3.63) is 82.9 Å². The topological polar surface area (TPSA) is 9.23 Å². The highest BCUT2D eigenvalue weighted by atomic mass is 19.2. The van der Waals surface area contributed by atoms with Gasteiger partial charge in [-0.05, 0) is 54.4 Å². The average Bonchev–Trinajstić information content (AvgIpc) is 3.04. The Hall–Kier alpha value is -2.66. The van der Waals surface area contributed by atoms with Crippen molar-refractivity contribution < 1.29 is 22.3 Å². The molecule has 2 atom stereocenters. The van der Waals surface area contributed by atoms with Crippen LogP contribution >= 0.6 is 0 Å². The molecule has 4 rings (SSSR count). The lowest BCUT2D eigenvalue weighted by molar-refractivity contribution is -0.00283. The van der Waals surface area contributed by atoms with E-state index in [1.165, 1.54) is 51.4 Å². The summed E-state index contributed by atoms with van der Waals surface area (Å²) in [6, 6.07) is 13.1. The second-order valence-electron chi connectivity index (χ2n) is 12.6. The van der Waals surface area contributed by atoms with Crippen LogP contribution in [-0.2, 0) is 11.2 Å². The monoisotopic (exact) mass is 610 g/mol. The number of hydrogen-bond donors (Lipinski definition) is 0. The third-order valence-electron chi connectivity index (χ3n) is 9.27. The fourth-order valence-electron chi connectivity index (χ4n) is 6.46. The van der Waals surface area contributed by atoms with Crippen molar-refractivity contribution in [2.24, 2.45) is 0 Å². The molecule has 0 spiro atoms. The van der Waals surface area contributed by atoms with Crippen molar-refractivity contribution in [2.45, 2.75) is 129 Å². The van der Waals surface area contributed by atoms with Crippen molar-refractivity contribution in [3.63, 3.8) is 0 Å². The van der Waals surface area contributed by atoms with Crippen molar-refractivity contribution in [1.82, 2.24) is 0 Å². The summed E-state index contributed by atoms with van der Waals surface area (Å²) in [5.74, 6) is -3.55. The molecule has 0 bridgehead atoms. The van der Waals surface area contributed by atoms with E-state index in [0.717, 1.165) is 44.9 Å². The van der Waals surface area contributed by atoms with Gasteiger partial charge in [-0.2, -0.15) is 0 Å². The number of rotatable bonds is 17. The van der Waals surface area contributed by atoms with Gasteiger partial charge < -0.3 is 4.74 Å². The van der Waals surface area contributed by atoms with Gasteiger partial charge in [-0.15, -0.1) is 0 Å². The molecule has 0 aliphatic carbocycles. The van der Waals surface area contributed by atoms with Crippen LogP contribution in [0.5, 0.6) is 0 Å². The van der Waals surface area contributed by atoms with Gasteiger partial charge in [0.15, 0.2) is 23.3 Å². The molecule has 1 aliphatic heterocycles. The van der Waals surface area contributed by atoms with Crippen molar-refractivity contribution >= 4 is 0 Å². The van der Waals surface area contributed by atoms with Gasteiger partial charge in [0.05, 0.1) is 12.7 Å². The van der Waals surface area contributed by atoms with E-state index in [1.807, 2.05) is 0 Å². The van der Waals surface area contributed by atoms with Gasteiger partial charge in [0.1, 0.15) is 0 Å². The van der Waals surface area contributed by atoms with Crippen LogP contribution in [0.3, 0.4) is 0 Å². The molecule has 240 valence electrons. The highest BCUT2D eigenvalue weighted by Crippen LogP contribution is 2.36. The summed E-state index contributed by atoms with van der Waals surface area (Å²) in [5.41, 5.74) is 2.04. The van der Waals surface area contributed by atoms with Crippen molar-refractivity contribution in [1.29, 1.82) is 0 Å². The minimum Gasteiger partial charge on any atom is -0.378 e. The van der Waals surface area contributed by atoms with Crippen LogP contribution in [0.15, 0.2) is 48.5 Å². The predicted octanol–water partition coefficient (Wildman–Crippen LogP) is 12.5. The third-order valence-corrected chi connectivity index (χ3v) is 9.27. The van der Waals surface area contributed by atoms with Crippen LogP contribution in [-0.4, -0.2) is 12.7 Å². The summed E-state index contributed by atoms with van der Waals surface area (Å²) in [4.78, 5) is 0. The van der Waals surface area contributed by atoms with Crippen LogP contribution in [0.1, 0.15) is 127 Å². The second-order valence-corrected chi connectivity index (χ2v) is 12.6. The molecule has 0 radical (unpaired) electrons. The first kappa shape index (κ1) is 34.2. The molecule has 0 aromatic heterocycles. The highest BCUT2D eigenvalue weighted by molar-refractivity contribution is 5.71. The number of aryl methyl sites for hydroxylation is 1. The Morgan fingerprint density at radius 2 is 1.11 bits per heavy atom. The Labute approximate surface area is 262 Å². The number of benzene rings is 3. The molecule has 3 aromatic carbocycles. The molecule has 0 N–H and O–H groups in total. The number of halogens is 4. The van der Waals surface area contributed by atoms with Crippen molar-refractivity contribution in [3.8, 4) is 22.3 Å². The molecule has 5 heteroatoms. The first-order valence-electron chi connectivity index (χ1n) is 17.1. The van der Waals surface area contributed by atoms with E-state index in [0.29, 0.717) is 35.3 Å². The van der Waals surface area contributed by atoms with E-state index < -0.39 is 23.3 Å². The fraction of sp³-hybridized carbons (Fsp3) is 0.538. The Kier molecular flexibility index (Phi) is 13.8. The Morgan fingerprint density at radius 1 is 0.568 bits per heavy atom. The number of unbranched alkanes of at least 4 members (excludes halogenated alkanes) is 10. The Balaban J connectivity index is 1.35. The first-order chi connectivity index (χ1) is 21.4. The molecule has 0 amide bonds. The van der Waals surface area contributed by atoms with Crippen molar-refractivity contribution in [2.75, 3.05) is 6.61 Å². The number of ether oxygens (including phenoxy) is 1. The lowest BCUT2D eigenvalue weighted by Crippen LogP contribution is -2.25. The molecule has 1 aliphatic rings. The zero-order chi connectivity index (χ0) is 31.3. The Bertz CT molecular complexity index is 1290. The second kappa shape index (κ2) is 17.7. The van der Waals surface area contributed by atoms with E-state index in [2.05, 4.69) is 13.8 Å². The van der Waals surface area contributed by atoms with E-state index >= 15 is 13.2 Å². The number of hydrogen-bond acceptors (Lipinski definition) is 1. The molecule has 3 aromatic rings. The SMILES string of the molecule is CCCCCCCCCc1ccc(-c2ccc(-c3ccc(C4CCC(CCCCCCC)OC4)c(F)c3F)cc2)c(F)c1F. The van der Waals surface area contributed by atoms with E-state index in [1.54, 1.807) is 48.5 Å². The smallest absolute Gasteiger partial charge is 0.166 e. The largest absolute Gasteiger partial charge is 0.378 e. The van der Waals surface area contributed by atoms with Gasteiger partial charge in [0.2, 0.25) is 0 Å². The third kappa shape index (κ3) is 9.19. The maximum Gasteiger partial charge on any atom is 0.166 e. The van der Waals surface area contributed by atoms with Gasteiger partial charge in [-0.3, -0.25) is 0 Å². The summed E-state index contributed by atoms with van der Waals surface area (Å²) < 4.78 is 66.6. The molecule has 1 heterocycles. The van der Waals surface area contributed by atoms with Crippen LogP contribution in [0.2, 0.25) is 0 Å². The minimum absolute atomic E-state index is 0.149. The standard InChI is InChI=1S/C39H50F4O/c1-3-5-7-9-10-12-13-15-30-22-24-33(37(41)36(30)40)28-17-19-29(20-18-28)34-25-26-35(39(43)38(34)42)31-21-23-32(44-27-31)16-14-11-8-6-4-2/h17-20,22,24-26,31-32H,3-16,21,23,27H2,1-2H3. The van der Waals surface area contributed by atoms with Gasteiger partial charge in [-0.25, -0.2) is 17.6 Å². The predicted molar refractivity (Wildman–Crippen MR) is 174 cm³/mol. The van der Waals surface area contributed by atoms with Crippen LogP contribution in [0, 0.1) is 23.3 Å². The zero-order valence-electron chi connectivity index (χ0n) is 26.7. The van der Waals surface area contributed by atoms with E-state index in [9.17, 15) is 4.39 Å². The quantitative estimate of drug-likeness (QED) is 0.109. The summed E-state index contributed by atoms with van der Waals surface area (Å²) in [5, 5.41) is 0. The Morgan fingerprint density at radius 3 is 1.70 bits per heavy atom. The van der Waals surface area contributed by atoms with Gasteiger partial charge >= 0.3 is 0 Å². The molecule has 1 fully saturated rings. The molecular weight excluding hydrogens is 560 g/mol. The normalized spacial score (nSPS) is 16.9. The zero-order valence-corrected chi connectivity index (χ0v) is 26.7. The maximum atomic E-state index is 15.3. The average molecular weight is 611 g/mol. The van der Waals surface area contributed by atoms with E-state index in [4.69, 9.17) is 4.74 Å². The lowest BCUT2D eigenvalue weighted by atomic mass is 9.88. The van der Waals surface area contributed by atoms with Gasteiger partial charge in [0.25, 0.3) is 0 Å². The summed E-state index contributed by atoms with van der Waals surface area (Å²) >= 11 is 0. The first-order valence-corrected chi connectivity index (χ1v) is 17.1. The molecule has 2 unspecified atom stereocenters. The maximum absolute atomic E-state index is 15.3. The minimum atomic E-state index is -0.889. The van der Waals surface area contributed by atoms with Gasteiger partial charge in [-0.1, -0.05) is 133 Å². The molecule has 44 heavy (non-hydrogen) atoms. The summed E-state index contributed by atoms with van der Waals surface area (Å²) in [6.45, 7) is 4.80. The van der Waals surface area contributed by atoms with E-state index in [-0.39, 0.29) is 23.1 Å². The highest BCUT2D eigenvalue weighted by Gasteiger charge is 2.27. The summed E-state index contributed by atoms with van der Waals surface area (Å²) in [6.07, 6.45) is 17.4. The van der Waals surface area contributed by atoms with Crippen LogP contribution < -0.4 is 0 Å². The van der Waals surface area contributed by atoms with Crippen LogP contribution in [0.4, 0.5) is 17.6 Å². The summed E-state index contributed by atoms with van der Waals surface area (Å²) in [7, 11) is 0. The fourth-order valence-corrected chi connectivity index (χ4v) is 6.46. The van der Waals surface area contributed by atoms with Crippen LogP contribution in [0.25, 0.3) is 22.3 Å². The molecule has 0 saturated carbocycles.